The molecule has 0 spiro atoms. The third-order valence-corrected chi connectivity index (χ3v) is 6.61. The fraction of sp³-hybridized carbons (Fsp3) is 0.120. The Labute approximate surface area is 205 Å². The van der Waals surface area contributed by atoms with Crippen molar-refractivity contribution in [3.05, 3.63) is 88.7 Å². The van der Waals surface area contributed by atoms with Crippen LogP contribution in [0.1, 0.15) is 5.56 Å². The molecule has 4 rings (SSSR count). The molecule has 0 radical (unpaired) electrons. The van der Waals surface area contributed by atoms with E-state index >= 15 is 0 Å². The van der Waals surface area contributed by atoms with Crippen LogP contribution >= 0.6 is 23.5 Å². The summed E-state index contributed by atoms with van der Waals surface area (Å²) in [5.74, 6) is 0.426. The van der Waals surface area contributed by atoms with Gasteiger partial charge in [-0.1, -0.05) is 36.0 Å². The molecule has 172 valence electrons. The molecule has 0 aliphatic carbocycles. The van der Waals surface area contributed by atoms with Crippen LogP contribution in [-0.4, -0.2) is 40.8 Å². The van der Waals surface area contributed by atoms with Gasteiger partial charge in [-0.25, -0.2) is 10.4 Å². The van der Waals surface area contributed by atoms with Gasteiger partial charge in [0.1, 0.15) is 5.75 Å². The topological polar surface area (TPSA) is 85.6 Å². The number of thioether (sulfide) groups is 2. The van der Waals surface area contributed by atoms with Crippen LogP contribution in [0, 0.1) is 0 Å². The van der Waals surface area contributed by atoms with Crippen LogP contribution in [0.3, 0.4) is 0 Å². The molecule has 0 aliphatic rings. The summed E-state index contributed by atoms with van der Waals surface area (Å²) in [5.41, 5.74) is 4.42. The monoisotopic (exact) mass is 490 g/mol. The van der Waals surface area contributed by atoms with Crippen molar-refractivity contribution in [3.63, 3.8) is 0 Å². The highest BCUT2D eigenvalue weighted by Gasteiger charge is 2.15. The van der Waals surface area contributed by atoms with Crippen molar-refractivity contribution >= 4 is 46.5 Å². The molecule has 1 amide bonds. The van der Waals surface area contributed by atoms with Gasteiger partial charge in [0.15, 0.2) is 5.16 Å². The molecule has 0 bridgehead atoms. The standard InChI is InChI=1S/C25H22N4O3S2/c1-32-19-11-9-18(10-12-19)29-24(31)21-5-3-4-6-22(21)27-25(29)34-16-23(30)28-26-15-17-7-13-20(33-2)14-8-17/h3-15H,16H2,1-2H3,(H,28,30)/b26-15+. The maximum absolute atomic E-state index is 13.3. The first-order valence-electron chi connectivity index (χ1n) is 10.3. The third-order valence-electron chi connectivity index (χ3n) is 4.93. The number of rotatable bonds is 8. The van der Waals surface area contributed by atoms with Crippen molar-refractivity contribution in [1.82, 2.24) is 15.0 Å². The van der Waals surface area contributed by atoms with Gasteiger partial charge < -0.3 is 4.74 Å². The van der Waals surface area contributed by atoms with E-state index in [9.17, 15) is 9.59 Å². The van der Waals surface area contributed by atoms with Crippen LogP contribution in [0.4, 0.5) is 0 Å². The number of nitrogens with zero attached hydrogens (tertiary/aromatic N) is 3. The number of aromatic nitrogens is 2. The van der Waals surface area contributed by atoms with Gasteiger partial charge in [0, 0.05) is 4.90 Å². The Morgan fingerprint density at radius 1 is 1.09 bits per heavy atom. The average molecular weight is 491 g/mol. The first-order valence-corrected chi connectivity index (χ1v) is 12.5. The molecule has 1 N–H and O–H groups in total. The number of hydrazone groups is 1. The van der Waals surface area contributed by atoms with Crippen molar-refractivity contribution in [2.75, 3.05) is 19.1 Å². The van der Waals surface area contributed by atoms with E-state index in [1.54, 1.807) is 67.6 Å². The Morgan fingerprint density at radius 2 is 1.82 bits per heavy atom. The van der Waals surface area contributed by atoms with Gasteiger partial charge in [-0.2, -0.15) is 5.10 Å². The normalized spacial score (nSPS) is 11.1. The first-order chi connectivity index (χ1) is 16.6. The van der Waals surface area contributed by atoms with Gasteiger partial charge in [0.25, 0.3) is 11.5 Å². The summed E-state index contributed by atoms with van der Waals surface area (Å²) < 4.78 is 6.73. The second-order valence-electron chi connectivity index (χ2n) is 7.11. The van der Waals surface area contributed by atoms with E-state index in [0.29, 0.717) is 27.5 Å². The lowest BCUT2D eigenvalue weighted by molar-refractivity contribution is -0.118. The Hall–Kier alpha value is -3.56. The zero-order valence-corrected chi connectivity index (χ0v) is 20.2. The molecular formula is C25H22N4O3S2. The van der Waals surface area contributed by atoms with E-state index < -0.39 is 0 Å². The lowest BCUT2D eigenvalue weighted by atomic mass is 10.2. The van der Waals surface area contributed by atoms with Crippen molar-refractivity contribution in [2.24, 2.45) is 5.10 Å². The molecule has 0 unspecified atom stereocenters. The number of nitrogens with one attached hydrogen (secondary N) is 1. The zero-order valence-electron chi connectivity index (χ0n) is 18.6. The number of methoxy groups -OCH3 is 1. The summed E-state index contributed by atoms with van der Waals surface area (Å²) in [7, 11) is 1.58. The minimum atomic E-state index is -0.300. The summed E-state index contributed by atoms with van der Waals surface area (Å²) >= 11 is 2.83. The molecule has 4 aromatic rings. The summed E-state index contributed by atoms with van der Waals surface area (Å²) in [6, 6.07) is 22.1. The van der Waals surface area contributed by atoms with Crippen LogP contribution in [-0.2, 0) is 4.79 Å². The Bertz CT molecular complexity index is 1380. The predicted octanol–water partition coefficient (Wildman–Crippen LogP) is 4.36. The second kappa shape index (κ2) is 11.0. The number of carbonyl (C=O) groups is 1. The first kappa shape index (κ1) is 23.6. The number of hydrogen-bond donors (Lipinski definition) is 1. The molecule has 1 aromatic heterocycles. The lowest BCUT2D eigenvalue weighted by Crippen LogP contribution is -2.24. The highest BCUT2D eigenvalue weighted by Crippen LogP contribution is 2.22. The fourth-order valence-electron chi connectivity index (χ4n) is 3.20. The van der Waals surface area contributed by atoms with Crippen LogP contribution in [0.5, 0.6) is 5.75 Å². The molecule has 7 nitrogen and oxygen atoms in total. The molecule has 0 saturated carbocycles. The third kappa shape index (κ3) is 5.49. The van der Waals surface area contributed by atoms with E-state index in [1.807, 2.05) is 36.6 Å². The number of benzene rings is 3. The lowest BCUT2D eigenvalue weighted by Gasteiger charge is -2.13. The summed E-state index contributed by atoms with van der Waals surface area (Å²) in [6.45, 7) is 0. The maximum Gasteiger partial charge on any atom is 0.266 e. The molecule has 3 aromatic carbocycles. The van der Waals surface area contributed by atoms with Crippen molar-refractivity contribution in [2.45, 2.75) is 10.1 Å². The molecule has 0 saturated heterocycles. The molecule has 0 atom stereocenters. The summed E-state index contributed by atoms with van der Waals surface area (Å²) in [5, 5.41) is 4.95. The number of ether oxygens (including phenoxy) is 1. The summed E-state index contributed by atoms with van der Waals surface area (Å²) in [6.07, 6.45) is 3.60. The van der Waals surface area contributed by atoms with E-state index in [1.165, 1.54) is 16.3 Å². The Morgan fingerprint density at radius 3 is 2.53 bits per heavy atom. The van der Waals surface area contributed by atoms with Crippen LogP contribution in [0.15, 0.2) is 92.7 Å². The highest BCUT2D eigenvalue weighted by atomic mass is 32.2. The number of para-hydroxylation sites is 1. The molecule has 34 heavy (non-hydrogen) atoms. The zero-order chi connectivity index (χ0) is 23.9. The van der Waals surface area contributed by atoms with E-state index in [0.717, 1.165) is 10.5 Å². The van der Waals surface area contributed by atoms with Crippen molar-refractivity contribution < 1.29 is 9.53 Å². The molecule has 0 aliphatic heterocycles. The SMILES string of the molecule is COc1ccc(-n2c(SCC(=O)N/N=C/c3ccc(SC)cc3)nc3ccccc3c2=O)cc1. The minimum Gasteiger partial charge on any atom is -0.497 e. The number of fused-ring (bicyclic) bond motifs is 1. The average Bonchev–Trinajstić information content (AvgIpc) is 2.88. The van der Waals surface area contributed by atoms with Gasteiger partial charge in [-0.3, -0.25) is 14.2 Å². The Kier molecular flexibility index (Phi) is 7.66. The molecular weight excluding hydrogens is 468 g/mol. The van der Waals surface area contributed by atoms with E-state index in [-0.39, 0.29) is 17.2 Å². The van der Waals surface area contributed by atoms with E-state index in [2.05, 4.69) is 15.5 Å². The smallest absolute Gasteiger partial charge is 0.266 e. The number of carbonyl (C=O) groups excluding carboxylic acids is 1. The fourth-order valence-corrected chi connectivity index (χ4v) is 4.41. The van der Waals surface area contributed by atoms with Crippen LogP contribution < -0.4 is 15.7 Å². The Balaban J connectivity index is 1.53. The van der Waals surface area contributed by atoms with Gasteiger partial charge in [-0.05, 0) is 60.4 Å². The molecule has 9 heteroatoms. The summed E-state index contributed by atoms with van der Waals surface area (Å²) in [4.78, 5) is 31.5. The van der Waals surface area contributed by atoms with Crippen molar-refractivity contribution in [1.29, 1.82) is 0 Å². The number of hydrogen-bond acceptors (Lipinski definition) is 7. The largest absolute Gasteiger partial charge is 0.497 e. The van der Waals surface area contributed by atoms with Gasteiger partial charge in [-0.15, -0.1) is 11.8 Å². The van der Waals surface area contributed by atoms with Crippen LogP contribution in [0.25, 0.3) is 16.6 Å². The van der Waals surface area contributed by atoms with Crippen LogP contribution in [0.2, 0.25) is 0 Å². The molecule has 1 heterocycles. The van der Waals surface area contributed by atoms with Crippen molar-refractivity contribution in [3.8, 4) is 11.4 Å². The van der Waals surface area contributed by atoms with Gasteiger partial charge in [0.2, 0.25) is 0 Å². The quantitative estimate of drug-likeness (QED) is 0.171. The second-order valence-corrected chi connectivity index (χ2v) is 8.93. The van der Waals surface area contributed by atoms with Gasteiger partial charge in [0.05, 0.1) is 35.7 Å². The maximum atomic E-state index is 13.3. The highest BCUT2D eigenvalue weighted by molar-refractivity contribution is 7.99. The minimum absolute atomic E-state index is 0.0453. The number of amides is 1. The van der Waals surface area contributed by atoms with Gasteiger partial charge >= 0.3 is 0 Å². The van der Waals surface area contributed by atoms with E-state index in [4.69, 9.17) is 4.74 Å². The predicted molar refractivity (Wildman–Crippen MR) is 139 cm³/mol. The molecule has 0 fully saturated rings.